The van der Waals surface area contributed by atoms with Gasteiger partial charge in [0.25, 0.3) is 5.91 Å². The van der Waals surface area contributed by atoms with Crippen LogP contribution in [0.4, 0.5) is 10.1 Å². The lowest BCUT2D eigenvalue weighted by Crippen LogP contribution is -2.37. The Balaban J connectivity index is 1.83. The number of nitrogens with two attached hydrogens (primary N) is 1. The minimum atomic E-state index is -0.289. The summed E-state index contributed by atoms with van der Waals surface area (Å²) in [6.07, 6.45) is 1.89. The van der Waals surface area contributed by atoms with Gasteiger partial charge in [0.1, 0.15) is 11.5 Å². The molecule has 0 aliphatic carbocycles. The molecule has 24 heavy (non-hydrogen) atoms. The Labute approximate surface area is 146 Å². The number of carbonyl (C=O) groups excluding carboxylic acids is 1. The molecule has 1 aliphatic heterocycles. The van der Waals surface area contributed by atoms with Crippen molar-refractivity contribution in [1.29, 1.82) is 0 Å². The molecule has 0 bridgehead atoms. The SMILES string of the molecule is NN1C(=O)c2cc(-c3ccc(F)cc3)cn2Cc2cc(Br)ccc21. The molecule has 0 unspecified atom stereocenters. The molecule has 0 atom stereocenters. The molecule has 2 N–H and O–H groups in total. The average Bonchev–Trinajstić information content (AvgIpc) is 2.94. The first-order valence-electron chi connectivity index (χ1n) is 7.36. The van der Waals surface area contributed by atoms with Gasteiger partial charge < -0.3 is 4.57 Å². The van der Waals surface area contributed by atoms with Crippen LogP contribution in [0, 0.1) is 5.82 Å². The zero-order chi connectivity index (χ0) is 16.8. The Morgan fingerprint density at radius 2 is 1.79 bits per heavy atom. The van der Waals surface area contributed by atoms with E-state index in [2.05, 4.69) is 15.9 Å². The minimum absolute atomic E-state index is 0.274. The summed E-state index contributed by atoms with van der Waals surface area (Å²) in [6, 6.07) is 13.6. The molecule has 1 aliphatic rings. The molecule has 0 saturated carbocycles. The van der Waals surface area contributed by atoms with Crippen molar-refractivity contribution in [3.63, 3.8) is 0 Å². The molecule has 2 heterocycles. The van der Waals surface area contributed by atoms with E-state index in [-0.39, 0.29) is 11.7 Å². The number of fused-ring (bicyclic) bond motifs is 2. The van der Waals surface area contributed by atoms with Gasteiger partial charge in [0.05, 0.1) is 5.69 Å². The topological polar surface area (TPSA) is 51.3 Å². The van der Waals surface area contributed by atoms with Gasteiger partial charge in [-0.05, 0) is 47.5 Å². The van der Waals surface area contributed by atoms with Gasteiger partial charge in [-0.2, -0.15) is 0 Å². The van der Waals surface area contributed by atoms with Crippen molar-refractivity contribution in [2.24, 2.45) is 5.84 Å². The van der Waals surface area contributed by atoms with Crippen molar-refractivity contribution in [3.05, 3.63) is 76.3 Å². The van der Waals surface area contributed by atoms with Crippen LogP contribution in [-0.4, -0.2) is 10.5 Å². The molecule has 2 aromatic carbocycles. The normalized spacial score (nSPS) is 13.5. The lowest BCUT2D eigenvalue weighted by Gasteiger charge is -2.16. The van der Waals surface area contributed by atoms with Crippen LogP contribution in [0.5, 0.6) is 0 Å². The molecule has 1 aromatic heterocycles. The number of amides is 1. The monoisotopic (exact) mass is 385 g/mol. The number of anilines is 1. The van der Waals surface area contributed by atoms with E-state index in [1.165, 1.54) is 17.1 Å². The molecule has 0 spiro atoms. The highest BCUT2D eigenvalue weighted by Crippen LogP contribution is 2.31. The van der Waals surface area contributed by atoms with E-state index in [1.807, 2.05) is 29.0 Å². The second-order valence-corrected chi connectivity index (χ2v) is 6.61. The second-order valence-electron chi connectivity index (χ2n) is 5.70. The summed E-state index contributed by atoms with van der Waals surface area (Å²) in [5, 5.41) is 1.18. The van der Waals surface area contributed by atoms with Gasteiger partial charge in [-0.15, -0.1) is 0 Å². The number of rotatable bonds is 1. The molecule has 6 heteroatoms. The zero-order valence-corrected chi connectivity index (χ0v) is 14.1. The van der Waals surface area contributed by atoms with Gasteiger partial charge in [0.15, 0.2) is 0 Å². The lowest BCUT2D eigenvalue weighted by molar-refractivity contribution is 0.0980. The van der Waals surface area contributed by atoms with Crippen LogP contribution >= 0.6 is 15.9 Å². The Kier molecular flexibility index (Phi) is 3.51. The van der Waals surface area contributed by atoms with Crippen LogP contribution in [0.3, 0.4) is 0 Å². The van der Waals surface area contributed by atoms with Crippen LogP contribution in [0.15, 0.2) is 59.2 Å². The highest BCUT2D eigenvalue weighted by Gasteiger charge is 2.26. The molecule has 0 radical (unpaired) electrons. The lowest BCUT2D eigenvalue weighted by atomic mass is 10.1. The van der Waals surface area contributed by atoms with E-state index in [4.69, 9.17) is 5.84 Å². The van der Waals surface area contributed by atoms with Crippen LogP contribution < -0.4 is 10.9 Å². The number of carbonyl (C=O) groups is 1. The third-order valence-corrected chi connectivity index (χ3v) is 4.65. The van der Waals surface area contributed by atoms with Crippen molar-refractivity contribution >= 4 is 27.5 Å². The van der Waals surface area contributed by atoms with Crippen molar-refractivity contribution in [2.75, 3.05) is 5.01 Å². The molecule has 0 saturated heterocycles. The Hall–Kier alpha value is -2.44. The first-order valence-corrected chi connectivity index (χ1v) is 8.16. The molecule has 4 rings (SSSR count). The van der Waals surface area contributed by atoms with Crippen LogP contribution in [0.25, 0.3) is 11.1 Å². The maximum atomic E-state index is 13.1. The third kappa shape index (κ3) is 2.44. The van der Waals surface area contributed by atoms with E-state index in [0.717, 1.165) is 21.2 Å². The Morgan fingerprint density at radius 3 is 2.54 bits per heavy atom. The predicted molar refractivity (Wildman–Crippen MR) is 94.1 cm³/mol. The maximum Gasteiger partial charge on any atom is 0.289 e. The van der Waals surface area contributed by atoms with E-state index >= 15 is 0 Å². The number of hydrogen-bond acceptors (Lipinski definition) is 2. The summed E-state index contributed by atoms with van der Waals surface area (Å²) in [6.45, 7) is 0.532. The Bertz CT molecular complexity index is 949. The van der Waals surface area contributed by atoms with Crippen LogP contribution in [-0.2, 0) is 6.54 Å². The fourth-order valence-electron chi connectivity index (χ4n) is 2.95. The first-order chi connectivity index (χ1) is 11.5. The maximum absolute atomic E-state index is 13.1. The van der Waals surface area contributed by atoms with Crippen LogP contribution in [0.2, 0.25) is 0 Å². The molecule has 4 nitrogen and oxygen atoms in total. The smallest absolute Gasteiger partial charge is 0.289 e. The second kappa shape index (κ2) is 5.58. The summed E-state index contributed by atoms with van der Waals surface area (Å²) in [7, 11) is 0. The van der Waals surface area contributed by atoms with Crippen molar-refractivity contribution in [2.45, 2.75) is 6.54 Å². The summed E-state index contributed by atoms with van der Waals surface area (Å²) in [5.74, 6) is 5.47. The van der Waals surface area contributed by atoms with E-state index < -0.39 is 0 Å². The van der Waals surface area contributed by atoms with E-state index in [9.17, 15) is 9.18 Å². The molecule has 1 amide bonds. The third-order valence-electron chi connectivity index (χ3n) is 4.15. The Morgan fingerprint density at radius 1 is 1.04 bits per heavy atom. The van der Waals surface area contributed by atoms with Crippen molar-refractivity contribution in [1.82, 2.24) is 4.57 Å². The fraction of sp³-hybridized carbons (Fsp3) is 0.0556. The summed E-state index contributed by atoms with van der Waals surface area (Å²) < 4.78 is 15.9. The molecular weight excluding hydrogens is 373 g/mol. The number of halogens is 2. The average molecular weight is 386 g/mol. The number of benzene rings is 2. The standard InChI is InChI=1S/C18H13BrFN3O/c19-14-3-6-16-13(7-14)10-22-9-12(8-17(22)18(24)23(16)21)11-1-4-15(20)5-2-11/h1-9H,10,21H2. The van der Waals surface area contributed by atoms with Gasteiger partial charge in [-0.1, -0.05) is 28.1 Å². The number of hydrazine groups is 1. The van der Waals surface area contributed by atoms with E-state index in [1.54, 1.807) is 18.2 Å². The van der Waals surface area contributed by atoms with Gasteiger partial charge in [0, 0.05) is 22.8 Å². The van der Waals surface area contributed by atoms with Crippen molar-refractivity contribution < 1.29 is 9.18 Å². The largest absolute Gasteiger partial charge is 0.338 e. The highest BCUT2D eigenvalue weighted by molar-refractivity contribution is 9.10. The summed E-state index contributed by atoms with van der Waals surface area (Å²) >= 11 is 3.45. The molecule has 0 fully saturated rings. The minimum Gasteiger partial charge on any atom is -0.338 e. The predicted octanol–water partition coefficient (Wildman–Crippen LogP) is 3.94. The highest BCUT2D eigenvalue weighted by atomic mass is 79.9. The molecular formula is C18H13BrFN3O. The summed E-state index contributed by atoms with van der Waals surface area (Å²) in [4.78, 5) is 12.7. The number of nitrogens with zero attached hydrogens (tertiary/aromatic N) is 2. The van der Waals surface area contributed by atoms with Crippen LogP contribution in [0.1, 0.15) is 16.1 Å². The fourth-order valence-corrected chi connectivity index (χ4v) is 3.36. The number of aromatic nitrogens is 1. The van der Waals surface area contributed by atoms with E-state index in [0.29, 0.717) is 17.9 Å². The quantitative estimate of drug-likeness (QED) is 0.509. The van der Waals surface area contributed by atoms with Gasteiger partial charge in [-0.25, -0.2) is 15.2 Å². The van der Waals surface area contributed by atoms with Gasteiger partial charge >= 0.3 is 0 Å². The van der Waals surface area contributed by atoms with Gasteiger partial charge in [-0.3, -0.25) is 4.79 Å². The number of hydrogen-bond donors (Lipinski definition) is 1. The zero-order valence-electron chi connectivity index (χ0n) is 12.5. The molecule has 120 valence electrons. The van der Waals surface area contributed by atoms with Crippen molar-refractivity contribution in [3.8, 4) is 11.1 Å². The van der Waals surface area contributed by atoms with Gasteiger partial charge in [0.2, 0.25) is 0 Å². The molecule has 3 aromatic rings. The first kappa shape index (κ1) is 15.1. The summed E-state index contributed by atoms with van der Waals surface area (Å²) in [5.41, 5.74) is 3.84.